The van der Waals surface area contributed by atoms with Gasteiger partial charge in [-0.3, -0.25) is 0 Å². The lowest BCUT2D eigenvalue weighted by atomic mass is 10.1. The van der Waals surface area contributed by atoms with Gasteiger partial charge < -0.3 is 14.0 Å². The molecule has 0 aliphatic carbocycles. The summed E-state index contributed by atoms with van der Waals surface area (Å²) in [6.07, 6.45) is 26.5. The lowest BCUT2D eigenvalue weighted by Crippen LogP contribution is -2.38. The average molecular weight is 655 g/mol. The van der Waals surface area contributed by atoms with E-state index in [-0.39, 0.29) is 0 Å². The Morgan fingerprint density at radius 1 is 0.478 bits per heavy atom. The molecule has 5 nitrogen and oxygen atoms in total. The van der Waals surface area contributed by atoms with Gasteiger partial charge in [-0.1, -0.05) is 110 Å². The molecule has 0 N–H and O–H groups in total. The molecular formula is C40H68N3O2S+. The van der Waals surface area contributed by atoms with Gasteiger partial charge in [-0.25, -0.2) is 0 Å². The van der Waals surface area contributed by atoms with Gasteiger partial charge in [0.25, 0.3) is 0 Å². The van der Waals surface area contributed by atoms with Crippen LogP contribution in [0.1, 0.15) is 129 Å². The van der Waals surface area contributed by atoms with Gasteiger partial charge in [0.1, 0.15) is 24.7 Å². The van der Waals surface area contributed by atoms with Crippen molar-refractivity contribution in [1.82, 2.24) is 0 Å². The molecule has 0 heterocycles. The predicted molar refractivity (Wildman–Crippen MR) is 202 cm³/mol. The van der Waals surface area contributed by atoms with Crippen LogP contribution in [0.15, 0.2) is 58.8 Å². The SMILES string of the molecule is CCCCCCCCCCCCSCCCCCCCCCCCOc1ccc(N=Nc2ccc(OCC[N+](C)(C)C)cc2)cc1. The number of nitrogens with zero attached hydrogens (tertiary/aromatic N) is 3. The highest BCUT2D eigenvalue weighted by atomic mass is 32.2. The first-order chi connectivity index (χ1) is 22.5. The fourth-order valence-electron chi connectivity index (χ4n) is 5.30. The molecule has 0 radical (unpaired) electrons. The Bertz CT molecular complexity index is 989. The van der Waals surface area contributed by atoms with Gasteiger partial charge in [-0.2, -0.15) is 22.0 Å². The zero-order valence-electron chi connectivity index (χ0n) is 30.2. The summed E-state index contributed by atoms with van der Waals surface area (Å²) in [5.74, 6) is 4.50. The first-order valence-corrected chi connectivity index (χ1v) is 19.9. The molecule has 2 aromatic rings. The molecule has 0 saturated carbocycles. The number of likely N-dealkylation sites (N-methyl/N-ethyl adjacent to an activating group) is 1. The molecule has 2 aromatic carbocycles. The van der Waals surface area contributed by atoms with Crippen molar-refractivity contribution >= 4 is 23.1 Å². The van der Waals surface area contributed by atoms with E-state index in [0.717, 1.165) is 46.9 Å². The molecular weight excluding hydrogens is 587 g/mol. The number of rotatable bonds is 30. The zero-order chi connectivity index (χ0) is 33.0. The van der Waals surface area contributed by atoms with Crippen molar-refractivity contribution in [3.05, 3.63) is 48.5 Å². The minimum atomic E-state index is 0.692. The molecule has 0 spiro atoms. The largest absolute Gasteiger partial charge is 0.494 e. The van der Waals surface area contributed by atoms with E-state index in [0.29, 0.717) is 6.61 Å². The molecule has 0 amide bonds. The van der Waals surface area contributed by atoms with Crippen molar-refractivity contribution in [3.8, 4) is 11.5 Å². The first-order valence-electron chi connectivity index (χ1n) is 18.7. The molecule has 2 rings (SSSR count). The summed E-state index contributed by atoms with van der Waals surface area (Å²) in [6.45, 7) is 4.73. The molecule has 0 aromatic heterocycles. The quantitative estimate of drug-likeness (QED) is 0.0478. The number of benzene rings is 2. The summed E-state index contributed by atoms with van der Waals surface area (Å²) in [4.78, 5) is 0. The Morgan fingerprint density at radius 2 is 0.848 bits per heavy atom. The standard InChI is InChI=1S/C40H68N3O2S/c1-5-6-7-8-9-10-13-16-19-22-35-46-36-23-20-17-14-11-12-15-18-21-33-44-39-28-24-37(25-29-39)41-42-38-26-30-40(31-27-38)45-34-32-43(2,3)4/h24-31H,5-23,32-36H2,1-4H3/q+1. The maximum Gasteiger partial charge on any atom is 0.137 e. The molecule has 6 heteroatoms. The summed E-state index contributed by atoms with van der Waals surface area (Å²) >= 11 is 2.19. The number of hydrogen-bond donors (Lipinski definition) is 0. The summed E-state index contributed by atoms with van der Waals surface area (Å²) in [5.41, 5.74) is 1.63. The maximum atomic E-state index is 5.94. The summed E-state index contributed by atoms with van der Waals surface area (Å²) < 4.78 is 12.6. The van der Waals surface area contributed by atoms with Crippen LogP contribution < -0.4 is 9.47 Å². The van der Waals surface area contributed by atoms with Crippen LogP contribution in [-0.2, 0) is 0 Å². The second-order valence-electron chi connectivity index (χ2n) is 13.9. The smallest absolute Gasteiger partial charge is 0.137 e. The fraction of sp³-hybridized carbons (Fsp3) is 0.700. The van der Waals surface area contributed by atoms with E-state index in [1.165, 1.54) is 127 Å². The highest BCUT2D eigenvalue weighted by molar-refractivity contribution is 7.99. The van der Waals surface area contributed by atoms with Crippen LogP contribution in [0.2, 0.25) is 0 Å². The third-order valence-corrected chi connectivity index (χ3v) is 9.48. The molecule has 0 saturated heterocycles. The zero-order valence-corrected chi connectivity index (χ0v) is 31.0. The van der Waals surface area contributed by atoms with Crippen LogP contribution in [0.4, 0.5) is 11.4 Å². The van der Waals surface area contributed by atoms with Gasteiger partial charge >= 0.3 is 0 Å². The predicted octanol–water partition coefficient (Wildman–Crippen LogP) is 12.7. The lowest BCUT2D eigenvalue weighted by Gasteiger charge is -2.23. The average Bonchev–Trinajstić information content (AvgIpc) is 3.04. The van der Waals surface area contributed by atoms with Crippen molar-refractivity contribution in [1.29, 1.82) is 0 Å². The van der Waals surface area contributed by atoms with Crippen LogP contribution in [-0.4, -0.2) is 56.9 Å². The summed E-state index contributed by atoms with van der Waals surface area (Å²) in [6, 6.07) is 15.6. The maximum absolute atomic E-state index is 5.94. The third-order valence-electron chi connectivity index (χ3n) is 8.33. The van der Waals surface area contributed by atoms with Crippen molar-refractivity contribution in [2.24, 2.45) is 10.2 Å². The first kappa shape index (κ1) is 40.1. The second-order valence-corrected chi connectivity index (χ2v) is 15.1. The molecule has 0 atom stereocenters. The van der Waals surface area contributed by atoms with Gasteiger partial charge in [0.15, 0.2) is 0 Å². The number of azo groups is 1. The topological polar surface area (TPSA) is 43.2 Å². The minimum absolute atomic E-state index is 0.692. The molecule has 46 heavy (non-hydrogen) atoms. The minimum Gasteiger partial charge on any atom is -0.494 e. The van der Waals surface area contributed by atoms with Gasteiger partial charge in [0, 0.05) is 0 Å². The molecule has 0 aliphatic heterocycles. The van der Waals surface area contributed by atoms with Crippen LogP contribution in [0.25, 0.3) is 0 Å². The van der Waals surface area contributed by atoms with Crippen LogP contribution in [0.3, 0.4) is 0 Å². The molecule has 0 bridgehead atoms. The van der Waals surface area contributed by atoms with E-state index in [2.05, 4.69) is 50.1 Å². The molecule has 260 valence electrons. The van der Waals surface area contributed by atoms with Crippen molar-refractivity contribution in [2.45, 2.75) is 129 Å². The Balaban J connectivity index is 1.36. The van der Waals surface area contributed by atoms with Gasteiger partial charge in [0.2, 0.25) is 0 Å². The van der Waals surface area contributed by atoms with E-state index in [1.54, 1.807) is 0 Å². The Hall–Kier alpha value is -2.05. The van der Waals surface area contributed by atoms with E-state index in [9.17, 15) is 0 Å². The third kappa shape index (κ3) is 23.3. The van der Waals surface area contributed by atoms with Crippen molar-refractivity contribution in [3.63, 3.8) is 0 Å². The van der Waals surface area contributed by atoms with Gasteiger partial charge in [0.05, 0.1) is 39.1 Å². The van der Waals surface area contributed by atoms with E-state index >= 15 is 0 Å². The monoisotopic (exact) mass is 655 g/mol. The number of quaternary nitrogens is 1. The molecule has 0 aliphatic rings. The summed E-state index contributed by atoms with van der Waals surface area (Å²) in [5, 5.41) is 8.71. The normalized spacial score (nSPS) is 11.8. The molecule has 0 unspecified atom stereocenters. The van der Waals surface area contributed by atoms with Crippen molar-refractivity contribution in [2.75, 3.05) is 52.4 Å². The second kappa shape index (κ2) is 27.0. The van der Waals surface area contributed by atoms with Gasteiger partial charge in [-0.15, -0.1) is 0 Å². The van der Waals surface area contributed by atoms with Gasteiger partial charge in [-0.05, 0) is 79.3 Å². The van der Waals surface area contributed by atoms with Crippen LogP contribution >= 0.6 is 11.8 Å². The fourth-order valence-corrected chi connectivity index (χ4v) is 6.32. The Labute approximate surface area is 287 Å². The highest BCUT2D eigenvalue weighted by Crippen LogP contribution is 2.23. The van der Waals surface area contributed by atoms with Crippen LogP contribution in [0, 0.1) is 0 Å². The highest BCUT2D eigenvalue weighted by Gasteiger charge is 2.06. The summed E-state index contributed by atoms with van der Waals surface area (Å²) in [7, 11) is 6.49. The van der Waals surface area contributed by atoms with E-state index in [1.807, 2.05) is 48.5 Å². The van der Waals surface area contributed by atoms with Crippen LogP contribution in [0.5, 0.6) is 11.5 Å². The van der Waals surface area contributed by atoms with Crippen molar-refractivity contribution < 1.29 is 14.0 Å². The number of unbranched alkanes of at least 4 members (excludes halogenated alkanes) is 17. The number of ether oxygens (including phenoxy) is 2. The number of hydrogen-bond acceptors (Lipinski definition) is 5. The van der Waals surface area contributed by atoms with E-state index < -0.39 is 0 Å². The number of thioether (sulfide) groups is 1. The Morgan fingerprint density at radius 3 is 1.26 bits per heavy atom. The Kier molecular flexibility index (Phi) is 23.5. The lowest BCUT2D eigenvalue weighted by molar-refractivity contribution is -0.870. The van der Waals surface area contributed by atoms with E-state index in [4.69, 9.17) is 9.47 Å². The molecule has 0 fully saturated rings.